The summed E-state index contributed by atoms with van der Waals surface area (Å²) < 4.78 is 13.0. The number of nitrogens with zero attached hydrogens (tertiary/aromatic N) is 1. The summed E-state index contributed by atoms with van der Waals surface area (Å²) in [6.07, 6.45) is 1.83. The van der Waals surface area contributed by atoms with Gasteiger partial charge in [-0.15, -0.1) is 11.8 Å². The van der Waals surface area contributed by atoms with E-state index in [4.69, 9.17) is 9.47 Å². The SMILES string of the molecule is O=C(NCc1cccc(-c2ccc(C3OC(CSc4ccccn4)CC(c4ccc(CO)cc4)O3)cc2)c1)c1ccccc1. The minimum atomic E-state index is -0.519. The molecule has 6 rings (SSSR count). The molecule has 5 aromatic rings. The molecule has 0 saturated carbocycles. The first kappa shape index (κ1) is 29.8. The molecule has 7 heteroatoms. The van der Waals surface area contributed by atoms with E-state index < -0.39 is 6.29 Å². The number of rotatable bonds is 10. The van der Waals surface area contributed by atoms with Crippen LogP contribution in [0.25, 0.3) is 11.1 Å². The molecular weight excluding hydrogens is 568 g/mol. The number of thioether (sulfide) groups is 1. The normalized spacial score (nSPS) is 18.1. The average Bonchev–Trinajstić information content (AvgIpc) is 3.10. The van der Waals surface area contributed by atoms with Crippen molar-refractivity contribution in [2.75, 3.05) is 5.75 Å². The lowest BCUT2D eigenvalue weighted by Crippen LogP contribution is -2.31. The van der Waals surface area contributed by atoms with Crippen molar-refractivity contribution in [3.05, 3.63) is 155 Å². The molecule has 3 unspecified atom stereocenters. The van der Waals surface area contributed by atoms with Crippen LogP contribution >= 0.6 is 11.8 Å². The van der Waals surface area contributed by atoms with Crippen LogP contribution in [0.5, 0.6) is 0 Å². The topological polar surface area (TPSA) is 80.7 Å². The van der Waals surface area contributed by atoms with Crippen LogP contribution in [0.1, 0.15) is 51.4 Å². The van der Waals surface area contributed by atoms with Crippen molar-refractivity contribution in [2.45, 2.75) is 43.1 Å². The molecule has 3 atom stereocenters. The Morgan fingerprint density at radius 3 is 2.32 bits per heavy atom. The van der Waals surface area contributed by atoms with E-state index in [2.05, 4.69) is 46.7 Å². The van der Waals surface area contributed by atoms with Gasteiger partial charge in [-0.25, -0.2) is 4.98 Å². The number of pyridine rings is 1. The molecule has 0 aliphatic carbocycles. The molecule has 2 N–H and O–H groups in total. The summed E-state index contributed by atoms with van der Waals surface area (Å²) in [7, 11) is 0. The zero-order valence-electron chi connectivity index (χ0n) is 24.2. The molecule has 1 aliphatic rings. The molecule has 1 fully saturated rings. The van der Waals surface area contributed by atoms with Crippen LogP contribution < -0.4 is 5.32 Å². The first-order valence-electron chi connectivity index (χ1n) is 14.7. The van der Waals surface area contributed by atoms with Gasteiger partial charge in [0.2, 0.25) is 0 Å². The van der Waals surface area contributed by atoms with E-state index in [1.807, 2.05) is 84.9 Å². The summed E-state index contributed by atoms with van der Waals surface area (Å²) >= 11 is 1.68. The number of aromatic nitrogens is 1. The minimum Gasteiger partial charge on any atom is -0.392 e. The number of aliphatic hydroxyl groups excluding tert-OH is 1. The molecule has 4 aromatic carbocycles. The highest BCUT2D eigenvalue weighted by atomic mass is 32.2. The fraction of sp³-hybridized carbons (Fsp3) is 0.189. The lowest BCUT2D eigenvalue weighted by atomic mass is 9.99. The maximum atomic E-state index is 12.5. The molecule has 1 aliphatic heterocycles. The third-order valence-electron chi connectivity index (χ3n) is 7.60. The van der Waals surface area contributed by atoms with Crippen LogP contribution in [0.2, 0.25) is 0 Å². The van der Waals surface area contributed by atoms with E-state index >= 15 is 0 Å². The van der Waals surface area contributed by atoms with Crippen molar-refractivity contribution < 1.29 is 19.4 Å². The predicted octanol–water partition coefficient (Wildman–Crippen LogP) is 7.51. The molecule has 2 heterocycles. The molecular formula is C37H34N2O4S. The minimum absolute atomic E-state index is 0.0124. The maximum absolute atomic E-state index is 12.5. The third-order valence-corrected chi connectivity index (χ3v) is 8.68. The van der Waals surface area contributed by atoms with Gasteiger partial charge in [0.1, 0.15) is 0 Å². The second kappa shape index (κ2) is 14.5. The predicted molar refractivity (Wildman–Crippen MR) is 173 cm³/mol. The number of hydrogen-bond donors (Lipinski definition) is 2. The van der Waals surface area contributed by atoms with Gasteiger partial charge in [0.25, 0.3) is 5.91 Å². The van der Waals surface area contributed by atoms with Crippen LogP contribution in [-0.4, -0.2) is 27.9 Å². The van der Waals surface area contributed by atoms with Gasteiger partial charge < -0.3 is 19.9 Å². The third kappa shape index (κ3) is 7.62. The molecule has 1 amide bonds. The van der Waals surface area contributed by atoms with E-state index in [0.717, 1.165) is 50.6 Å². The molecule has 44 heavy (non-hydrogen) atoms. The number of benzene rings is 4. The van der Waals surface area contributed by atoms with E-state index in [0.29, 0.717) is 12.1 Å². The van der Waals surface area contributed by atoms with E-state index in [1.165, 1.54) is 0 Å². The molecule has 0 bridgehead atoms. The molecule has 0 radical (unpaired) electrons. The van der Waals surface area contributed by atoms with Crippen molar-refractivity contribution in [3.63, 3.8) is 0 Å². The largest absolute Gasteiger partial charge is 0.392 e. The Balaban J connectivity index is 1.15. The highest BCUT2D eigenvalue weighted by Gasteiger charge is 2.32. The fourth-order valence-electron chi connectivity index (χ4n) is 5.20. The molecule has 1 aromatic heterocycles. The van der Waals surface area contributed by atoms with E-state index in [9.17, 15) is 9.90 Å². The summed E-state index contributed by atoms with van der Waals surface area (Å²) in [5.41, 5.74) is 6.70. The lowest BCUT2D eigenvalue weighted by Gasteiger charge is -2.36. The van der Waals surface area contributed by atoms with Crippen LogP contribution in [-0.2, 0) is 22.6 Å². The quantitative estimate of drug-likeness (QED) is 0.161. The van der Waals surface area contributed by atoms with E-state index in [-0.39, 0.29) is 24.7 Å². The summed E-state index contributed by atoms with van der Waals surface area (Å²) in [6.45, 7) is 0.459. The van der Waals surface area contributed by atoms with Gasteiger partial charge in [0.15, 0.2) is 6.29 Å². The number of ether oxygens (including phenoxy) is 2. The Hall–Kier alpha value is -4.27. The van der Waals surface area contributed by atoms with Gasteiger partial charge >= 0.3 is 0 Å². The lowest BCUT2D eigenvalue weighted by molar-refractivity contribution is -0.245. The fourth-order valence-corrected chi connectivity index (χ4v) is 6.08. The zero-order valence-corrected chi connectivity index (χ0v) is 25.0. The van der Waals surface area contributed by atoms with Crippen LogP contribution in [0, 0.1) is 0 Å². The summed E-state index contributed by atoms with van der Waals surface area (Å²) in [4.78, 5) is 16.9. The number of carbonyl (C=O) groups excluding carboxylic acids is 1. The Morgan fingerprint density at radius 2 is 1.57 bits per heavy atom. The van der Waals surface area contributed by atoms with E-state index in [1.54, 1.807) is 18.0 Å². The highest BCUT2D eigenvalue weighted by molar-refractivity contribution is 7.99. The second-order valence-electron chi connectivity index (χ2n) is 10.7. The highest BCUT2D eigenvalue weighted by Crippen LogP contribution is 2.39. The Kier molecular flexibility index (Phi) is 9.79. The van der Waals surface area contributed by atoms with Crippen LogP contribution in [0.3, 0.4) is 0 Å². The Labute approximate surface area is 262 Å². The summed E-state index contributed by atoms with van der Waals surface area (Å²) in [6, 6.07) is 39.6. The number of hydrogen-bond acceptors (Lipinski definition) is 6. The Bertz CT molecular complexity index is 1650. The average molecular weight is 603 g/mol. The zero-order chi connectivity index (χ0) is 30.1. The number of nitrogens with one attached hydrogen (secondary N) is 1. The maximum Gasteiger partial charge on any atom is 0.251 e. The number of carbonyl (C=O) groups is 1. The molecule has 222 valence electrons. The second-order valence-corrected chi connectivity index (χ2v) is 11.7. The van der Waals surface area contributed by atoms with Crippen molar-refractivity contribution in [1.82, 2.24) is 10.3 Å². The number of amides is 1. The first-order chi connectivity index (χ1) is 21.6. The smallest absolute Gasteiger partial charge is 0.251 e. The number of aliphatic hydroxyl groups is 1. The standard InChI is InChI=1S/C37H34N2O4S/c40-24-26-12-14-29(15-13-26)34-22-33(25-44-35-11-4-5-20-38-35)42-37(43-34)31-18-16-28(17-19-31)32-10-6-7-27(21-32)23-39-36(41)30-8-2-1-3-9-30/h1-21,33-34,37,40H,22-25H2,(H,39,41). The monoisotopic (exact) mass is 602 g/mol. The van der Waals surface area contributed by atoms with Crippen molar-refractivity contribution in [1.29, 1.82) is 0 Å². The van der Waals surface area contributed by atoms with Gasteiger partial charge in [-0.1, -0.05) is 91.0 Å². The summed E-state index contributed by atoms with van der Waals surface area (Å²) in [5.74, 6) is 0.667. The van der Waals surface area contributed by atoms with Gasteiger partial charge in [0, 0.05) is 36.0 Å². The van der Waals surface area contributed by atoms with Crippen molar-refractivity contribution in [3.8, 4) is 11.1 Å². The van der Waals surface area contributed by atoms with Gasteiger partial charge in [-0.05, 0) is 58.1 Å². The van der Waals surface area contributed by atoms with Crippen LogP contribution in [0.4, 0.5) is 0 Å². The van der Waals surface area contributed by atoms with Crippen LogP contribution in [0.15, 0.2) is 133 Å². The van der Waals surface area contributed by atoms with Gasteiger partial charge in [0.05, 0.1) is 23.8 Å². The summed E-state index contributed by atoms with van der Waals surface area (Å²) in [5, 5.41) is 13.5. The molecule has 0 spiro atoms. The van der Waals surface area contributed by atoms with Crippen molar-refractivity contribution in [2.24, 2.45) is 0 Å². The van der Waals surface area contributed by atoms with Crippen molar-refractivity contribution >= 4 is 17.7 Å². The first-order valence-corrected chi connectivity index (χ1v) is 15.7. The van der Waals surface area contributed by atoms with Gasteiger partial charge in [-0.2, -0.15) is 0 Å². The Morgan fingerprint density at radius 1 is 0.795 bits per heavy atom. The molecule has 1 saturated heterocycles. The molecule has 6 nitrogen and oxygen atoms in total. The van der Waals surface area contributed by atoms with Gasteiger partial charge in [-0.3, -0.25) is 4.79 Å².